The maximum Gasteiger partial charge on any atom is 0.411 e. The molecule has 1 heterocycles. The van der Waals surface area contributed by atoms with Gasteiger partial charge in [0.05, 0.1) is 6.54 Å². The number of ether oxygens (including phenoxy) is 1. The fourth-order valence-corrected chi connectivity index (χ4v) is 2.09. The molecule has 0 aliphatic carbocycles. The molecule has 20 heavy (non-hydrogen) atoms. The van der Waals surface area contributed by atoms with Gasteiger partial charge in [0.15, 0.2) is 0 Å². The summed E-state index contributed by atoms with van der Waals surface area (Å²) in [5.74, 6) is -0.253. The monoisotopic (exact) mass is 296 g/mol. The molecule has 0 fully saturated rings. The highest BCUT2D eigenvalue weighted by atomic mass is 35.5. The van der Waals surface area contributed by atoms with E-state index in [4.69, 9.17) is 16.3 Å². The van der Waals surface area contributed by atoms with Crippen LogP contribution >= 0.6 is 11.6 Å². The van der Waals surface area contributed by atoms with E-state index in [2.05, 4.69) is 5.32 Å². The molecule has 0 unspecified atom stereocenters. The van der Waals surface area contributed by atoms with Crippen LogP contribution in [0.2, 0.25) is 5.02 Å². The van der Waals surface area contributed by atoms with Gasteiger partial charge in [0.1, 0.15) is 12.1 Å². The molecular weight excluding hydrogens is 280 g/mol. The topological polar surface area (TPSA) is 58.6 Å². The van der Waals surface area contributed by atoms with Crippen LogP contribution in [0, 0.1) is 0 Å². The zero-order valence-corrected chi connectivity index (χ0v) is 12.5. The number of fused-ring (bicyclic) bond motifs is 1. The Morgan fingerprint density at radius 3 is 2.70 bits per heavy atom. The van der Waals surface area contributed by atoms with Gasteiger partial charge < -0.3 is 10.1 Å². The van der Waals surface area contributed by atoms with Crippen LogP contribution < -0.4 is 5.32 Å². The minimum Gasteiger partial charge on any atom is -0.444 e. The minimum absolute atomic E-state index is 0.0405. The third kappa shape index (κ3) is 3.63. The van der Waals surface area contributed by atoms with Crippen LogP contribution in [0.3, 0.4) is 0 Å². The lowest BCUT2D eigenvalue weighted by atomic mass is 10.1. The van der Waals surface area contributed by atoms with Crippen molar-refractivity contribution >= 4 is 29.3 Å². The van der Waals surface area contributed by atoms with Gasteiger partial charge >= 0.3 is 6.09 Å². The van der Waals surface area contributed by atoms with Crippen LogP contribution in [0.1, 0.15) is 26.3 Å². The third-order valence-electron chi connectivity index (χ3n) is 2.69. The van der Waals surface area contributed by atoms with Crippen LogP contribution in [0.25, 0.3) is 0 Å². The molecule has 108 valence electrons. The molecule has 0 atom stereocenters. The first-order chi connectivity index (χ1) is 9.24. The molecule has 1 aromatic rings. The molecule has 1 aliphatic heterocycles. The Bertz CT molecular complexity index is 552. The second kappa shape index (κ2) is 5.32. The summed E-state index contributed by atoms with van der Waals surface area (Å²) >= 11 is 5.95. The Balaban J connectivity index is 2.24. The summed E-state index contributed by atoms with van der Waals surface area (Å²) < 4.78 is 5.30. The highest BCUT2D eigenvalue weighted by Gasteiger charge is 2.27. The molecule has 2 rings (SSSR count). The van der Waals surface area contributed by atoms with E-state index >= 15 is 0 Å². The van der Waals surface area contributed by atoms with E-state index in [9.17, 15) is 9.59 Å². The van der Waals surface area contributed by atoms with Gasteiger partial charge in [-0.15, -0.1) is 0 Å². The molecule has 0 saturated heterocycles. The number of halogens is 1. The van der Waals surface area contributed by atoms with Gasteiger partial charge in [0, 0.05) is 10.7 Å². The van der Waals surface area contributed by atoms with Gasteiger partial charge in [-0.25, -0.2) is 4.79 Å². The summed E-state index contributed by atoms with van der Waals surface area (Å²) in [4.78, 5) is 25.3. The maximum absolute atomic E-state index is 12.1. The van der Waals surface area contributed by atoms with Crippen molar-refractivity contribution in [2.75, 3.05) is 11.9 Å². The molecule has 1 aliphatic rings. The van der Waals surface area contributed by atoms with Crippen molar-refractivity contribution in [3.8, 4) is 0 Å². The molecule has 0 radical (unpaired) electrons. The number of carbonyl (C=O) groups excluding carboxylic acids is 2. The molecule has 5 nitrogen and oxygen atoms in total. The Kier molecular flexibility index (Phi) is 3.90. The second-order valence-corrected chi connectivity index (χ2v) is 6.12. The first-order valence-electron chi connectivity index (χ1n) is 6.31. The summed E-state index contributed by atoms with van der Waals surface area (Å²) in [6.45, 7) is 5.60. The van der Waals surface area contributed by atoms with Gasteiger partial charge in [-0.05, 0) is 44.5 Å². The first-order valence-corrected chi connectivity index (χ1v) is 6.68. The van der Waals surface area contributed by atoms with E-state index in [1.54, 1.807) is 39.0 Å². The van der Waals surface area contributed by atoms with E-state index in [0.29, 0.717) is 10.7 Å². The maximum atomic E-state index is 12.1. The molecule has 0 bridgehead atoms. The van der Waals surface area contributed by atoms with E-state index in [-0.39, 0.29) is 19.0 Å². The average molecular weight is 297 g/mol. The predicted molar refractivity (Wildman–Crippen MR) is 76.7 cm³/mol. The van der Waals surface area contributed by atoms with Crippen LogP contribution in [0.5, 0.6) is 0 Å². The van der Waals surface area contributed by atoms with Gasteiger partial charge in [0.2, 0.25) is 5.91 Å². The van der Waals surface area contributed by atoms with Gasteiger partial charge in [-0.3, -0.25) is 9.69 Å². The molecule has 1 N–H and O–H groups in total. The Morgan fingerprint density at radius 2 is 2.05 bits per heavy atom. The van der Waals surface area contributed by atoms with Crippen molar-refractivity contribution in [3.05, 3.63) is 28.8 Å². The molecule has 0 aromatic heterocycles. The Morgan fingerprint density at radius 1 is 1.35 bits per heavy atom. The summed E-state index contributed by atoms with van der Waals surface area (Å²) in [6.07, 6.45) is -0.513. The quantitative estimate of drug-likeness (QED) is 0.800. The Labute approximate surface area is 122 Å². The van der Waals surface area contributed by atoms with Crippen LogP contribution in [0.4, 0.5) is 10.5 Å². The first kappa shape index (κ1) is 14.7. The zero-order chi connectivity index (χ0) is 14.9. The van der Waals surface area contributed by atoms with E-state index in [0.717, 1.165) is 5.56 Å². The van der Waals surface area contributed by atoms with Crippen LogP contribution in [0.15, 0.2) is 18.2 Å². The number of benzene rings is 1. The number of amides is 2. The van der Waals surface area contributed by atoms with Gasteiger partial charge in [-0.1, -0.05) is 11.6 Å². The summed E-state index contributed by atoms with van der Waals surface area (Å²) in [7, 11) is 0. The third-order valence-corrected chi connectivity index (χ3v) is 2.92. The predicted octanol–water partition coefficient (Wildman–Crippen LogP) is 3.03. The largest absolute Gasteiger partial charge is 0.444 e. The minimum atomic E-state index is -0.600. The summed E-state index contributed by atoms with van der Waals surface area (Å²) in [6, 6.07) is 5.16. The lowest BCUT2D eigenvalue weighted by Gasteiger charge is -2.25. The molecule has 2 amide bonds. The van der Waals surface area contributed by atoms with Crippen molar-refractivity contribution in [1.29, 1.82) is 0 Å². The average Bonchev–Trinajstić information content (AvgIpc) is 2.45. The van der Waals surface area contributed by atoms with Crippen molar-refractivity contribution < 1.29 is 14.3 Å². The molecule has 0 spiro atoms. The number of hydrogen-bond acceptors (Lipinski definition) is 3. The van der Waals surface area contributed by atoms with E-state index < -0.39 is 11.7 Å². The Hall–Kier alpha value is -1.75. The van der Waals surface area contributed by atoms with Crippen molar-refractivity contribution in [2.24, 2.45) is 0 Å². The van der Waals surface area contributed by atoms with Crippen molar-refractivity contribution in [3.63, 3.8) is 0 Å². The lowest BCUT2D eigenvalue weighted by molar-refractivity contribution is -0.117. The van der Waals surface area contributed by atoms with Gasteiger partial charge in [0.25, 0.3) is 0 Å². The number of carbonyl (C=O) groups is 2. The normalized spacial score (nSPS) is 15.2. The second-order valence-electron chi connectivity index (χ2n) is 5.69. The molecular formula is C14H17ClN2O3. The van der Waals surface area contributed by atoms with Gasteiger partial charge in [-0.2, -0.15) is 0 Å². The zero-order valence-electron chi connectivity index (χ0n) is 11.7. The van der Waals surface area contributed by atoms with Crippen LogP contribution in [-0.4, -0.2) is 29.0 Å². The number of rotatable bonds is 0. The molecule has 0 saturated carbocycles. The highest BCUT2D eigenvalue weighted by molar-refractivity contribution is 6.30. The fraction of sp³-hybridized carbons (Fsp3) is 0.429. The smallest absolute Gasteiger partial charge is 0.411 e. The highest BCUT2D eigenvalue weighted by Crippen LogP contribution is 2.25. The van der Waals surface area contributed by atoms with Crippen molar-refractivity contribution in [2.45, 2.75) is 32.9 Å². The number of nitrogens with one attached hydrogen (secondary N) is 1. The fourth-order valence-electron chi connectivity index (χ4n) is 1.90. The molecule has 6 heteroatoms. The number of anilines is 1. The lowest BCUT2D eigenvalue weighted by Crippen LogP contribution is -2.39. The number of hydrogen-bond donors (Lipinski definition) is 1. The van der Waals surface area contributed by atoms with Crippen molar-refractivity contribution in [1.82, 2.24) is 4.90 Å². The summed E-state index contributed by atoms with van der Waals surface area (Å²) in [5, 5.41) is 3.31. The SMILES string of the molecule is CC(C)(C)OC(=O)N1CC(=O)Nc2ccc(Cl)cc2C1. The summed E-state index contributed by atoms with van der Waals surface area (Å²) in [5.41, 5.74) is 0.858. The van der Waals surface area contributed by atoms with E-state index in [1.165, 1.54) is 4.90 Å². The molecule has 1 aromatic carbocycles. The van der Waals surface area contributed by atoms with E-state index in [1.807, 2.05) is 0 Å². The van der Waals surface area contributed by atoms with Crippen LogP contribution in [-0.2, 0) is 16.1 Å². The number of nitrogens with zero attached hydrogens (tertiary/aromatic N) is 1. The standard InChI is InChI=1S/C14H17ClN2O3/c1-14(2,3)20-13(19)17-7-9-6-10(15)4-5-11(9)16-12(18)8-17/h4-6H,7-8H2,1-3H3,(H,16,18).